The molecule has 0 aliphatic carbocycles. The number of hydrogen-bond acceptors (Lipinski definition) is 7. The van der Waals surface area contributed by atoms with Gasteiger partial charge in [-0.1, -0.05) is 0 Å². The van der Waals surface area contributed by atoms with E-state index in [0.717, 1.165) is 5.56 Å². The van der Waals surface area contributed by atoms with E-state index in [2.05, 4.69) is 20.1 Å². The van der Waals surface area contributed by atoms with Gasteiger partial charge in [-0.2, -0.15) is 5.10 Å². The number of nitrogens with zero attached hydrogens (tertiary/aromatic N) is 3. The Bertz CT molecular complexity index is 1010. The Kier molecular flexibility index (Phi) is 5.73. The number of nitrogens with one attached hydrogen (secondary N) is 1. The minimum Gasteiger partial charge on any atom is -0.497 e. The quantitative estimate of drug-likeness (QED) is 0.614. The molecule has 9 nitrogen and oxygen atoms in total. The zero-order valence-corrected chi connectivity index (χ0v) is 15.8. The van der Waals surface area contributed by atoms with Gasteiger partial charge >= 0.3 is 5.97 Å². The maximum atomic E-state index is 12.1. The molecule has 1 amide bonds. The molecule has 0 bridgehead atoms. The number of carbonyl (C=O) groups excluding carboxylic acids is 2. The molecule has 2 aromatic heterocycles. The first-order chi connectivity index (χ1) is 13.5. The fourth-order valence-corrected chi connectivity index (χ4v) is 2.68. The zero-order chi connectivity index (χ0) is 20.1. The molecule has 28 heavy (non-hydrogen) atoms. The first kappa shape index (κ1) is 19.2. The number of ether oxygens (including phenoxy) is 3. The second-order valence-corrected chi connectivity index (χ2v) is 5.88. The van der Waals surface area contributed by atoms with Gasteiger partial charge in [-0.15, -0.1) is 0 Å². The molecule has 0 saturated heterocycles. The number of aromatic nitrogens is 3. The van der Waals surface area contributed by atoms with Crippen LogP contribution in [-0.4, -0.2) is 54.5 Å². The van der Waals surface area contributed by atoms with Gasteiger partial charge in [-0.05, 0) is 18.2 Å². The second-order valence-electron chi connectivity index (χ2n) is 5.88. The Morgan fingerprint density at radius 3 is 2.64 bits per heavy atom. The van der Waals surface area contributed by atoms with Gasteiger partial charge in [0.1, 0.15) is 18.0 Å². The third-order valence-electron chi connectivity index (χ3n) is 4.17. The van der Waals surface area contributed by atoms with Crippen LogP contribution < -0.4 is 14.8 Å². The van der Waals surface area contributed by atoms with Crippen molar-refractivity contribution in [1.29, 1.82) is 0 Å². The minimum atomic E-state index is -0.524. The van der Waals surface area contributed by atoms with E-state index >= 15 is 0 Å². The van der Waals surface area contributed by atoms with Gasteiger partial charge in [-0.3, -0.25) is 9.59 Å². The molecular weight excluding hydrogens is 364 g/mol. The standard InChI is InChI=1S/C19H20N4O5/c1-26-15-5-4-12(16(7-15)27-2)11-23-18-13(9-22-23)6-14(8-20-18)19(25)21-10-17(24)28-3/h4-9H,10-11H2,1-3H3,(H,21,25). The molecule has 3 aromatic rings. The van der Waals surface area contributed by atoms with Crippen molar-refractivity contribution in [2.45, 2.75) is 6.54 Å². The van der Waals surface area contributed by atoms with E-state index in [-0.39, 0.29) is 6.54 Å². The highest BCUT2D eigenvalue weighted by Crippen LogP contribution is 2.26. The van der Waals surface area contributed by atoms with Crippen LogP contribution in [0.25, 0.3) is 11.0 Å². The summed E-state index contributed by atoms with van der Waals surface area (Å²) in [5.41, 5.74) is 1.87. The molecule has 9 heteroatoms. The molecule has 0 spiro atoms. The van der Waals surface area contributed by atoms with E-state index in [1.807, 2.05) is 12.1 Å². The van der Waals surface area contributed by atoms with Crippen LogP contribution in [0.3, 0.4) is 0 Å². The Labute approximate surface area is 161 Å². The molecule has 0 aliphatic rings. The molecule has 1 N–H and O–H groups in total. The Hall–Kier alpha value is -3.62. The fraction of sp³-hybridized carbons (Fsp3) is 0.263. The lowest BCUT2D eigenvalue weighted by molar-refractivity contribution is -0.139. The van der Waals surface area contributed by atoms with Crippen molar-refractivity contribution < 1.29 is 23.8 Å². The lowest BCUT2D eigenvalue weighted by Gasteiger charge is -2.11. The zero-order valence-electron chi connectivity index (χ0n) is 15.8. The molecule has 0 saturated carbocycles. The summed E-state index contributed by atoms with van der Waals surface area (Å²) in [6.45, 7) is 0.238. The molecule has 3 rings (SSSR count). The van der Waals surface area contributed by atoms with Crippen LogP contribution in [-0.2, 0) is 16.1 Å². The van der Waals surface area contributed by atoms with Crippen molar-refractivity contribution in [2.24, 2.45) is 0 Å². The van der Waals surface area contributed by atoms with E-state index in [0.29, 0.717) is 34.6 Å². The van der Waals surface area contributed by atoms with Crippen LogP contribution in [0.5, 0.6) is 11.5 Å². The number of carbonyl (C=O) groups is 2. The lowest BCUT2D eigenvalue weighted by Crippen LogP contribution is -2.30. The maximum Gasteiger partial charge on any atom is 0.325 e. The normalized spacial score (nSPS) is 10.5. The summed E-state index contributed by atoms with van der Waals surface area (Å²) in [6.07, 6.45) is 3.08. The third-order valence-corrected chi connectivity index (χ3v) is 4.17. The van der Waals surface area contributed by atoms with Crippen molar-refractivity contribution in [3.63, 3.8) is 0 Å². The molecule has 146 valence electrons. The molecule has 0 fully saturated rings. The van der Waals surface area contributed by atoms with Crippen LogP contribution in [0.2, 0.25) is 0 Å². The van der Waals surface area contributed by atoms with E-state index in [1.54, 1.807) is 37.2 Å². The smallest absolute Gasteiger partial charge is 0.325 e. The SMILES string of the molecule is COC(=O)CNC(=O)c1cnc2c(cnn2Cc2ccc(OC)cc2OC)c1. The van der Waals surface area contributed by atoms with Crippen molar-refractivity contribution in [3.05, 3.63) is 47.8 Å². The fourth-order valence-electron chi connectivity index (χ4n) is 2.68. The van der Waals surface area contributed by atoms with E-state index in [9.17, 15) is 9.59 Å². The van der Waals surface area contributed by atoms with Crippen LogP contribution in [0.15, 0.2) is 36.7 Å². The molecule has 0 radical (unpaired) electrons. The second kappa shape index (κ2) is 8.38. The van der Waals surface area contributed by atoms with E-state index < -0.39 is 11.9 Å². The van der Waals surface area contributed by atoms with Gasteiger partial charge in [0.05, 0.1) is 39.6 Å². The highest BCUT2D eigenvalue weighted by molar-refractivity contribution is 5.98. The number of pyridine rings is 1. The first-order valence-corrected chi connectivity index (χ1v) is 8.43. The molecule has 0 aliphatic heterocycles. The molecule has 2 heterocycles. The van der Waals surface area contributed by atoms with Crippen molar-refractivity contribution >= 4 is 22.9 Å². The molecule has 1 aromatic carbocycles. The summed E-state index contributed by atoms with van der Waals surface area (Å²) < 4.78 is 16.9. The predicted molar refractivity (Wildman–Crippen MR) is 101 cm³/mol. The van der Waals surface area contributed by atoms with Crippen LogP contribution >= 0.6 is 0 Å². The van der Waals surface area contributed by atoms with Crippen LogP contribution in [0, 0.1) is 0 Å². The summed E-state index contributed by atoms with van der Waals surface area (Å²) in [7, 11) is 4.45. The molecule has 0 unspecified atom stereocenters. The van der Waals surface area contributed by atoms with Crippen molar-refractivity contribution in [3.8, 4) is 11.5 Å². The van der Waals surface area contributed by atoms with Gasteiger partial charge in [0.15, 0.2) is 5.65 Å². The predicted octanol–water partition coefficient (Wildman–Crippen LogP) is 1.40. The highest BCUT2D eigenvalue weighted by atomic mass is 16.5. The first-order valence-electron chi connectivity index (χ1n) is 8.43. The average molecular weight is 384 g/mol. The topological polar surface area (TPSA) is 105 Å². The summed E-state index contributed by atoms with van der Waals surface area (Å²) >= 11 is 0. The van der Waals surface area contributed by atoms with Gasteiger partial charge in [-0.25, -0.2) is 9.67 Å². The maximum absolute atomic E-state index is 12.1. The number of methoxy groups -OCH3 is 3. The van der Waals surface area contributed by atoms with E-state index in [4.69, 9.17) is 9.47 Å². The Balaban J connectivity index is 1.81. The number of benzene rings is 1. The lowest BCUT2D eigenvalue weighted by atomic mass is 10.2. The highest BCUT2D eigenvalue weighted by Gasteiger charge is 2.13. The summed E-state index contributed by atoms with van der Waals surface area (Å²) in [6, 6.07) is 7.22. The van der Waals surface area contributed by atoms with Gasteiger partial charge in [0.2, 0.25) is 0 Å². The Morgan fingerprint density at radius 2 is 1.93 bits per heavy atom. The average Bonchev–Trinajstić information content (AvgIpc) is 3.13. The number of rotatable bonds is 7. The number of hydrogen-bond donors (Lipinski definition) is 1. The number of fused-ring (bicyclic) bond motifs is 1. The van der Waals surface area contributed by atoms with Crippen LogP contribution in [0.1, 0.15) is 15.9 Å². The summed E-state index contributed by atoms with van der Waals surface area (Å²) in [4.78, 5) is 27.6. The third kappa shape index (κ3) is 4.03. The van der Waals surface area contributed by atoms with Gasteiger partial charge in [0, 0.05) is 23.2 Å². The molecular formula is C19H20N4O5. The van der Waals surface area contributed by atoms with Gasteiger partial charge in [0.25, 0.3) is 5.91 Å². The number of esters is 1. The summed E-state index contributed by atoms with van der Waals surface area (Å²) in [5.74, 6) is 0.446. The van der Waals surface area contributed by atoms with Crippen molar-refractivity contribution in [2.75, 3.05) is 27.9 Å². The molecule has 0 atom stereocenters. The van der Waals surface area contributed by atoms with Crippen LogP contribution in [0.4, 0.5) is 0 Å². The minimum absolute atomic E-state index is 0.204. The number of amides is 1. The van der Waals surface area contributed by atoms with Gasteiger partial charge < -0.3 is 19.5 Å². The van der Waals surface area contributed by atoms with Crippen molar-refractivity contribution in [1.82, 2.24) is 20.1 Å². The largest absolute Gasteiger partial charge is 0.497 e. The summed E-state index contributed by atoms with van der Waals surface area (Å²) in [5, 5.41) is 7.54. The van der Waals surface area contributed by atoms with E-state index in [1.165, 1.54) is 13.3 Å². The monoisotopic (exact) mass is 384 g/mol. The Morgan fingerprint density at radius 1 is 1.11 bits per heavy atom.